The molecule has 10 nitrogen and oxygen atoms in total. The first-order valence-electron chi connectivity index (χ1n) is 8.47. The first-order chi connectivity index (χ1) is 13.5. The van der Waals surface area contributed by atoms with E-state index in [1.54, 1.807) is 0 Å². The molecule has 0 radical (unpaired) electrons. The molecule has 0 aromatic heterocycles. The molecule has 168 valence electrons. The Labute approximate surface area is 169 Å². The normalized spacial score (nSPS) is 23.3. The van der Waals surface area contributed by atoms with Gasteiger partial charge in [-0.25, -0.2) is 13.2 Å². The van der Waals surface area contributed by atoms with Gasteiger partial charge in [0.1, 0.15) is 23.9 Å². The molecule has 0 aromatic carbocycles. The van der Waals surface area contributed by atoms with Crippen molar-refractivity contribution in [3.8, 4) is 0 Å². The molecule has 0 aromatic rings. The second-order valence-electron chi connectivity index (χ2n) is 7.59. The summed E-state index contributed by atoms with van der Waals surface area (Å²) in [5, 5.41) is -0.591. The van der Waals surface area contributed by atoms with E-state index in [9.17, 15) is 40.8 Å². The average molecular weight is 456 g/mol. The third kappa shape index (κ3) is 4.74. The average Bonchev–Trinajstić information content (AvgIpc) is 2.53. The van der Waals surface area contributed by atoms with Crippen LogP contribution in [0, 0.1) is 0 Å². The van der Waals surface area contributed by atoms with Gasteiger partial charge in [-0.15, -0.1) is 0 Å². The van der Waals surface area contributed by atoms with Gasteiger partial charge in [0.05, 0.1) is 5.75 Å². The Balaban J connectivity index is 2.47. The van der Waals surface area contributed by atoms with Crippen LogP contribution in [-0.4, -0.2) is 72.6 Å². The molecule has 2 amide bonds. The van der Waals surface area contributed by atoms with Crippen LogP contribution in [0.25, 0.3) is 0 Å². The van der Waals surface area contributed by atoms with E-state index in [4.69, 9.17) is 9.47 Å². The maximum Gasteiger partial charge on any atom is 0.471 e. The number of nitrogens with zero attached hydrogens (tertiary/aromatic N) is 1. The van der Waals surface area contributed by atoms with Crippen molar-refractivity contribution in [2.75, 3.05) is 12.4 Å². The second-order valence-corrected chi connectivity index (χ2v) is 9.69. The number of β-lactam (4-membered cyclic amide) rings is 1. The van der Waals surface area contributed by atoms with Gasteiger partial charge in [-0.3, -0.25) is 19.3 Å². The van der Waals surface area contributed by atoms with E-state index in [2.05, 4.69) is 0 Å². The van der Waals surface area contributed by atoms with Crippen LogP contribution in [0.1, 0.15) is 27.7 Å². The van der Waals surface area contributed by atoms with Crippen molar-refractivity contribution in [2.24, 2.45) is 0 Å². The van der Waals surface area contributed by atoms with Crippen molar-refractivity contribution in [3.05, 3.63) is 11.3 Å². The van der Waals surface area contributed by atoms with Crippen molar-refractivity contribution in [1.29, 1.82) is 0 Å². The molecule has 14 heteroatoms. The zero-order valence-electron chi connectivity index (χ0n) is 16.3. The maximum absolute atomic E-state index is 12.6. The molecule has 0 saturated carbocycles. The summed E-state index contributed by atoms with van der Waals surface area (Å²) in [4.78, 5) is 47.8. The fourth-order valence-corrected chi connectivity index (χ4v) is 4.87. The van der Waals surface area contributed by atoms with Gasteiger partial charge in [-0.2, -0.15) is 13.2 Å². The van der Waals surface area contributed by atoms with Gasteiger partial charge in [-0.1, -0.05) is 0 Å². The summed E-state index contributed by atoms with van der Waals surface area (Å²) in [6, 6.07) is -2.03. The number of carbonyl (C=O) groups excluding carboxylic acids is 4. The molecule has 2 rings (SSSR count). The number of hydrogen-bond acceptors (Lipinski definition) is 8. The Morgan fingerprint density at radius 1 is 1.20 bits per heavy atom. The summed E-state index contributed by atoms with van der Waals surface area (Å²) >= 11 is 0. The zero-order valence-corrected chi connectivity index (χ0v) is 17.1. The molecule has 2 heterocycles. The van der Waals surface area contributed by atoms with Crippen molar-refractivity contribution >= 4 is 33.6 Å². The predicted octanol–water partition coefficient (Wildman–Crippen LogP) is -0.211. The standard InChI is InChI=1S/C16H19F3N2O8S/c1-7(22)28-5-8-6-30(26,27)12-9(20-14(25)16(17,18)19)11(23)21(12)10(8)13(24)29-15(2,3)4/h9,12H,5-6H2,1-4H3,(H,20,25)/t9-,12?/m1/s1. The number of esters is 2. The third-order valence-corrected chi connectivity index (χ3v) is 5.92. The van der Waals surface area contributed by atoms with Gasteiger partial charge < -0.3 is 14.8 Å². The highest BCUT2D eigenvalue weighted by molar-refractivity contribution is 7.92. The molecular weight excluding hydrogens is 437 g/mol. The van der Waals surface area contributed by atoms with Crippen molar-refractivity contribution in [3.63, 3.8) is 0 Å². The minimum atomic E-state index is -5.34. The van der Waals surface area contributed by atoms with Crippen molar-refractivity contribution in [1.82, 2.24) is 10.2 Å². The fraction of sp³-hybridized carbons (Fsp3) is 0.625. The van der Waals surface area contributed by atoms with Gasteiger partial charge >= 0.3 is 24.0 Å². The minimum absolute atomic E-state index is 0.273. The number of sulfone groups is 1. The van der Waals surface area contributed by atoms with Gasteiger partial charge in [0.2, 0.25) is 0 Å². The van der Waals surface area contributed by atoms with Crippen LogP contribution in [0.15, 0.2) is 11.3 Å². The molecule has 0 bridgehead atoms. The first-order valence-corrected chi connectivity index (χ1v) is 10.2. The van der Waals surface area contributed by atoms with Crippen LogP contribution in [0.5, 0.6) is 0 Å². The van der Waals surface area contributed by atoms with E-state index in [1.807, 2.05) is 0 Å². The third-order valence-electron chi connectivity index (χ3n) is 3.95. The predicted molar refractivity (Wildman–Crippen MR) is 91.9 cm³/mol. The number of alkyl halides is 3. The number of rotatable bonds is 4. The summed E-state index contributed by atoms with van der Waals surface area (Å²) in [5.41, 5.74) is -1.88. The minimum Gasteiger partial charge on any atom is -0.461 e. The maximum atomic E-state index is 12.6. The van der Waals surface area contributed by atoms with Gasteiger partial charge in [-0.05, 0) is 20.8 Å². The molecule has 0 aliphatic carbocycles. The monoisotopic (exact) mass is 456 g/mol. The molecule has 1 saturated heterocycles. The quantitative estimate of drug-likeness (QED) is 0.453. The van der Waals surface area contributed by atoms with Gasteiger partial charge in [0.15, 0.2) is 15.2 Å². The molecule has 1 unspecified atom stereocenters. The lowest BCUT2D eigenvalue weighted by molar-refractivity contribution is -0.177. The van der Waals surface area contributed by atoms with Crippen molar-refractivity contribution < 1.29 is 50.2 Å². The Kier molecular flexibility index (Phi) is 5.96. The van der Waals surface area contributed by atoms with Crippen LogP contribution in [0.4, 0.5) is 13.2 Å². The number of nitrogens with one attached hydrogen (secondary N) is 1. The summed E-state index contributed by atoms with van der Waals surface area (Å²) < 4.78 is 72.6. The van der Waals surface area contributed by atoms with E-state index in [1.165, 1.54) is 26.1 Å². The SMILES string of the molecule is CC(=O)OCC1=C(C(=O)OC(C)(C)C)N2C(=O)[C@@H](NC(=O)C(F)(F)F)C2S(=O)(=O)C1. The highest BCUT2D eigenvalue weighted by Crippen LogP contribution is 2.38. The van der Waals surface area contributed by atoms with E-state index >= 15 is 0 Å². The number of fused-ring (bicyclic) bond motifs is 1. The fourth-order valence-electron chi connectivity index (χ4n) is 2.86. The number of carbonyl (C=O) groups is 4. The number of amides is 2. The molecule has 2 aliphatic heterocycles. The van der Waals surface area contributed by atoms with Gasteiger partial charge in [0, 0.05) is 12.5 Å². The van der Waals surface area contributed by atoms with E-state index in [0.29, 0.717) is 4.90 Å². The lowest BCUT2D eigenvalue weighted by Crippen LogP contribution is -2.75. The van der Waals surface area contributed by atoms with Gasteiger partial charge in [0.25, 0.3) is 5.91 Å². The molecular formula is C16H19F3N2O8S. The summed E-state index contributed by atoms with van der Waals surface area (Å²) in [6.45, 7) is 4.88. The smallest absolute Gasteiger partial charge is 0.461 e. The molecule has 1 N–H and O–H groups in total. The Hall–Kier alpha value is -2.64. The molecule has 2 aliphatic rings. The number of hydrogen-bond donors (Lipinski definition) is 1. The highest BCUT2D eigenvalue weighted by Gasteiger charge is 2.62. The van der Waals surface area contributed by atoms with Crippen LogP contribution < -0.4 is 5.32 Å². The van der Waals surface area contributed by atoms with Crippen LogP contribution in [0.2, 0.25) is 0 Å². The van der Waals surface area contributed by atoms with E-state index < -0.39 is 74.8 Å². The summed E-state index contributed by atoms with van der Waals surface area (Å²) in [5.74, 6) is -6.55. The Bertz CT molecular complexity index is 933. The lowest BCUT2D eigenvalue weighted by atomic mass is 10.0. The Morgan fingerprint density at radius 3 is 2.23 bits per heavy atom. The molecule has 30 heavy (non-hydrogen) atoms. The summed E-state index contributed by atoms with van der Waals surface area (Å²) in [7, 11) is -4.34. The van der Waals surface area contributed by atoms with E-state index in [-0.39, 0.29) is 5.57 Å². The zero-order chi connectivity index (χ0) is 23.2. The molecule has 0 spiro atoms. The van der Waals surface area contributed by atoms with Crippen LogP contribution in [-0.2, 0) is 38.5 Å². The highest BCUT2D eigenvalue weighted by atomic mass is 32.2. The molecule has 1 fully saturated rings. The first kappa shape index (κ1) is 23.6. The van der Waals surface area contributed by atoms with E-state index in [0.717, 1.165) is 6.92 Å². The number of ether oxygens (including phenoxy) is 2. The topological polar surface area (TPSA) is 136 Å². The lowest BCUT2D eigenvalue weighted by Gasteiger charge is -2.49. The largest absolute Gasteiger partial charge is 0.471 e. The second kappa shape index (κ2) is 7.56. The number of halogens is 3. The van der Waals surface area contributed by atoms with Crippen LogP contribution >= 0.6 is 0 Å². The summed E-state index contributed by atoms with van der Waals surface area (Å²) in [6.07, 6.45) is -5.34. The molecule has 2 atom stereocenters. The van der Waals surface area contributed by atoms with Crippen LogP contribution in [0.3, 0.4) is 0 Å². The van der Waals surface area contributed by atoms with Crippen molar-refractivity contribution in [2.45, 2.75) is 50.9 Å². The Morgan fingerprint density at radius 2 is 1.77 bits per heavy atom.